The number of carboxylic acids is 1. The third kappa shape index (κ3) is 3.45. The lowest BCUT2D eigenvalue weighted by Crippen LogP contribution is -2.10. The Bertz CT molecular complexity index is 1130. The first-order chi connectivity index (χ1) is 14.4. The molecule has 2 N–H and O–H groups in total. The third-order valence-corrected chi connectivity index (χ3v) is 5.42. The summed E-state index contributed by atoms with van der Waals surface area (Å²) in [5.74, 6) is -1.68. The van der Waals surface area contributed by atoms with E-state index in [1.54, 1.807) is 12.1 Å². The number of benzene rings is 1. The van der Waals surface area contributed by atoms with Crippen molar-refractivity contribution in [2.45, 2.75) is 45.6 Å². The van der Waals surface area contributed by atoms with Crippen LogP contribution < -0.4 is 0 Å². The van der Waals surface area contributed by atoms with Crippen LogP contribution in [0.15, 0.2) is 30.5 Å². The highest BCUT2D eigenvalue weighted by Gasteiger charge is 2.27. The molecule has 1 aromatic carbocycles. The largest absolute Gasteiger partial charge is 0.475 e. The number of aromatic carboxylic acids is 1. The summed E-state index contributed by atoms with van der Waals surface area (Å²) in [5, 5.41) is 19.5. The van der Waals surface area contributed by atoms with Gasteiger partial charge in [-0.25, -0.2) is 19.2 Å². The van der Waals surface area contributed by atoms with Crippen molar-refractivity contribution >= 4 is 5.97 Å². The van der Waals surface area contributed by atoms with E-state index in [9.17, 15) is 19.4 Å². The zero-order valence-corrected chi connectivity index (χ0v) is 16.8. The molecular weight excluding hydrogens is 385 g/mol. The van der Waals surface area contributed by atoms with Gasteiger partial charge in [-0.2, -0.15) is 0 Å². The number of aliphatic hydroxyl groups is 1. The smallest absolute Gasteiger partial charge is 0.373 e. The van der Waals surface area contributed by atoms with Crippen LogP contribution in [-0.2, 0) is 19.4 Å². The SMILES string of the molecule is CC(C)c1nc2c(c(-c3ccc(F)cc3)c1CO)CCCc1nc(C(=O)O)ncc1-2. The number of pyridine rings is 1. The van der Waals surface area contributed by atoms with Crippen LogP contribution in [0.2, 0.25) is 0 Å². The van der Waals surface area contributed by atoms with E-state index in [-0.39, 0.29) is 24.2 Å². The summed E-state index contributed by atoms with van der Waals surface area (Å²) in [6, 6.07) is 6.24. The van der Waals surface area contributed by atoms with Gasteiger partial charge in [0.05, 0.1) is 18.0 Å². The molecule has 0 spiro atoms. The van der Waals surface area contributed by atoms with Crippen LogP contribution in [0.5, 0.6) is 0 Å². The van der Waals surface area contributed by atoms with E-state index in [4.69, 9.17) is 4.98 Å². The first kappa shape index (κ1) is 20.1. The van der Waals surface area contributed by atoms with E-state index >= 15 is 0 Å². The Morgan fingerprint density at radius 3 is 2.53 bits per heavy atom. The van der Waals surface area contributed by atoms with Crippen LogP contribution >= 0.6 is 0 Å². The molecule has 0 saturated carbocycles. The van der Waals surface area contributed by atoms with Crippen molar-refractivity contribution in [2.75, 3.05) is 0 Å². The minimum Gasteiger partial charge on any atom is -0.475 e. The topological polar surface area (TPSA) is 96.2 Å². The second-order valence-corrected chi connectivity index (χ2v) is 7.71. The number of nitrogens with zero attached hydrogens (tertiary/aromatic N) is 3. The summed E-state index contributed by atoms with van der Waals surface area (Å²) >= 11 is 0. The molecule has 30 heavy (non-hydrogen) atoms. The molecule has 3 aromatic rings. The maximum Gasteiger partial charge on any atom is 0.373 e. The number of aliphatic hydroxyl groups excluding tert-OH is 1. The highest BCUT2D eigenvalue weighted by molar-refractivity contribution is 5.85. The molecule has 1 aliphatic rings. The molecule has 0 aliphatic heterocycles. The fourth-order valence-corrected chi connectivity index (χ4v) is 4.09. The lowest BCUT2D eigenvalue weighted by molar-refractivity contribution is 0.0683. The van der Waals surface area contributed by atoms with Crippen LogP contribution in [0.4, 0.5) is 4.39 Å². The minimum absolute atomic E-state index is 0.0440. The number of aryl methyl sites for hydroxylation is 1. The van der Waals surface area contributed by atoms with Gasteiger partial charge in [-0.15, -0.1) is 0 Å². The number of carboxylic acid groups (broad SMARTS) is 1. The lowest BCUT2D eigenvalue weighted by atomic mass is 9.87. The van der Waals surface area contributed by atoms with Crippen LogP contribution in [0.1, 0.15) is 59.3 Å². The van der Waals surface area contributed by atoms with Gasteiger partial charge in [0.1, 0.15) is 5.82 Å². The highest BCUT2D eigenvalue weighted by Crippen LogP contribution is 2.40. The van der Waals surface area contributed by atoms with Gasteiger partial charge in [0, 0.05) is 23.0 Å². The molecular formula is C23H22FN3O3. The number of aromatic nitrogens is 3. The average molecular weight is 407 g/mol. The Morgan fingerprint density at radius 2 is 1.90 bits per heavy atom. The molecule has 0 bridgehead atoms. The van der Waals surface area contributed by atoms with Gasteiger partial charge in [-0.3, -0.25) is 4.98 Å². The van der Waals surface area contributed by atoms with Crippen molar-refractivity contribution in [1.82, 2.24) is 15.0 Å². The Morgan fingerprint density at radius 1 is 1.17 bits per heavy atom. The quantitative estimate of drug-likeness (QED) is 0.675. The van der Waals surface area contributed by atoms with Crippen LogP contribution in [-0.4, -0.2) is 31.1 Å². The Labute approximate surface area is 173 Å². The molecule has 0 amide bonds. The first-order valence-corrected chi connectivity index (χ1v) is 9.92. The van der Waals surface area contributed by atoms with E-state index in [0.29, 0.717) is 29.8 Å². The van der Waals surface area contributed by atoms with Crippen molar-refractivity contribution in [1.29, 1.82) is 0 Å². The Hall–Kier alpha value is -3.19. The third-order valence-electron chi connectivity index (χ3n) is 5.42. The predicted molar refractivity (Wildman–Crippen MR) is 110 cm³/mol. The number of hydrogen-bond acceptors (Lipinski definition) is 5. The van der Waals surface area contributed by atoms with Crippen LogP contribution in [0, 0.1) is 5.82 Å². The summed E-state index contributed by atoms with van der Waals surface area (Å²) in [6.45, 7) is 3.83. The molecule has 2 aromatic heterocycles. The molecule has 1 aliphatic carbocycles. The van der Waals surface area contributed by atoms with Gasteiger partial charge in [-0.05, 0) is 54.0 Å². The lowest BCUT2D eigenvalue weighted by Gasteiger charge is -2.22. The molecule has 154 valence electrons. The molecule has 7 heteroatoms. The molecule has 0 fully saturated rings. The second-order valence-electron chi connectivity index (χ2n) is 7.71. The van der Waals surface area contributed by atoms with Gasteiger partial charge in [0.25, 0.3) is 0 Å². The van der Waals surface area contributed by atoms with Crippen LogP contribution in [0.3, 0.4) is 0 Å². The summed E-state index contributed by atoms with van der Waals surface area (Å²) in [4.78, 5) is 24.5. The zero-order valence-electron chi connectivity index (χ0n) is 16.8. The first-order valence-electron chi connectivity index (χ1n) is 9.92. The minimum atomic E-state index is -1.17. The van der Waals surface area contributed by atoms with Gasteiger partial charge < -0.3 is 10.2 Å². The van der Waals surface area contributed by atoms with E-state index in [1.807, 2.05) is 13.8 Å². The van der Waals surface area contributed by atoms with E-state index in [1.165, 1.54) is 18.3 Å². The van der Waals surface area contributed by atoms with E-state index in [2.05, 4.69) is 9.97 Å². The maximum absolute atomic E-state index is 13.6. The van der Waals surface area contributed by atoms with Gasteiger partial charge >= 0.3 is 5.97 Å². The number of hydrogen-bond donors (Lipinski definition) is 2. The highest BCUT2D eigenvalue weighted by atomic mass is 19.1. The fourth-order valence-electron chi connectivity index (χ4n) is 4.09. The predicted octanol–water partition coefficient (Wildman–Crippen LogP) is 4.15. The van der Waals surface area contributed by atoms with Crippen LogP contribution in [0.25, 0.3) is 22.4 Å². The van der Waals surface area contributed by atoms with E-state index in [0.717, 1.165) is 34.4 Å². The van der Waals surface area contributed by atoms with Crippen molar-refractivity contribution in [3.05, 3.63) is 64.6 Å². The number of halogens is 1. The molecule has 0 saturated heterocycles. The van der Waals surface area contributed by atoms with Crippen molar-refractivity contribution < 1.29 is 19.4 Å². The molecule has 2 heterocycles. The van der Waals surface area contributed by atoms with E-state index < -0.39 is 5.97 Å². The fraction of sp³-hybridized carbons (Fsp3) is 0.304. The van der Waals surface area contributed by atoms with Crippen molar-refractivity contribution in [2.24, 2.45) is 0 Å². The number of carbonyl (C=O) groups is 1. The van der Waals surface area contributed by atoms with Crippen molar-refractivity contribution in [3.8, 4) is 22.4 Å². The molecule has 0 atom stereocenters. The summed E-state index contributed by atoms with van der Waals surface area (Å²) < 4.78 is 13.6. The summed E-state index contributed by atoms with van der Waals surface area (Å²) in [5.41, 5.74) is 6.19. The number of rotatable bonds is 4. The van der Waals surface area contributed by atoms with Gasteiger partial charge in [-0.1, -0.05) is 26.0 Å². The molecule has 0 radical (unpaired) electrons. The Kier molecular flexibility index (Phi) is 5.30. The maximum atomic E-state index is 13.6. The molecule has 6 nitrogen and oxygen atoms in total. The summed E-state index contributed by atoms with van der Waals surface area (Å²) in [7, 11) is 0. The average Bonchev–Trinajstić information content (AvgIpc) is 2.91. The second kappa shape index (κ2) is 7.91. The van der Waals surface area contributed by atoms with Gasteiger partial charge in [0.15, 0.2) is 0 Å². The number of fused-ring (bicyclic) bond motifs is 3. The standard InChI is InChI=1S/C23H22FN3O3/c1-12(2)20-17(11-28)19(13-6-8-14(24)9-7-13)15-4-3-5-18-16(21(15)27-20)10-25-22(26-18)23(29)30/h6-10,12,28H,3-5,11H2,1-2H3,(H,29,30). The summed E-state index contributed by atoms with van der Waals surface area (Å²) in [6.07, 6.45) is 3.56. The van der Waals surface area contributed by atoms with Gasteiger partial charge in [0.2, 0.25) is 5.82 Å². The zero-order chi connectivity index (χ0) is 21.4. The van der Waals surface area contributed by atoms with Crippen molar-refractivity contribution in [3.63, 3.8) is 0 Å². The molecule has 0 unspecified atom stereocenters. The normalized spacial score (nSPS) is 13.0. The molecule has 4 rings (SSSR count). The monoisotopic (exact) mass is 407 g/mol. The Balaban J connectivity index is 2.05.